The number of piperidine rings is 1. The lowest BCUT2D eigenvalue weighted by atomic mass is 10.0. The lowest BCUT2D eigenvalue weighted by Crippen LogP contribution is -2.45. The summed E-state index contributed by atoms with van der Waals surface area (Å²) in [6, 6.07) is 0.756. The standard InChI is InChI=1S/C11H25N5/c1-13-11(12)14-6-9-16-7-4-10(5-8-16)15(2)3/h10H,4-9H2,1-3H3,(H3,12,13,14). The van der Waals surface area contributed by atoms with E-state index in [9.17, 15) is 0 Å². The van der Waals surface area contributed by atoms with Crippen LogP contribution in [0.1, 0.15) is 12.8 Å². The number of aliphatic imine (C=N–C) groups is 1. The van der Waals surface area contributed by atoms with Crippen LogP contribution in [0.25, 0.3) is 0 Å². The highest BCUT2D eigenvalue weighted by molar-refractivity contribution is 5.77. The molecule has 1 fully saturated rings. The summed E-state index contributed by atoms with van der Waals surface area (Å²) in [6.45, 7) is 4.31. The molecule has 5 nitrogen and oxygen atoms in total. The van der Waals surface area contributed by atoms with E-state index >= 15 is 0 Å². The Balaban J connectivity index is 2.13. The molecule has 5 heteroatoms. The van der Waals surface area contributed by atoms with Gasteiger partial charge in [0.15, 0.2) is 5.96 Å². The summed E-state index contributed by atoms with van der Waals surface area (Å²) in [4.78, 5) is 8.68. The Labute approximate surface area is 98.7 Å². The number of guanidine groups is 1. The zero-order chi connectivity index (χ0) is 12.0. The molecule has 0 aromatic carbocycles. The molecule has 16 heavy (non-hydrogen) atoms. The first-order chi connectivity index (χ1) is 7.63. The van der Waals surface area contributed by atoms with Crippen molar-refractivity contribution in [2.75, 3.05) is 47.3 Å². The Morgan fingerprint density at radius 3 is 2.56 bits per heavy atom. The second kappa shape index (κ2) is 6.70. The molecule has 0 radical (unpaired) electrons. The number of hydrogen-bond donors (Lipinski definition) is 2. The van der Waals surface area contributed by atoms with Gasteiger partial charge in [0.25, 0.3) is 0 Å². The number of nitrogens with zero attached hydrogens (tertiary/aromatic N) is 3. The predicted octanol–water partition coefficient (Wildman–Crippen LogP) is -0.453. The average Bonchev–Trinajstić information content (AvgIpc) is 2.29. The van der Waals surface area contributed by atoms with Gasteiger partial charge in [0.1, 0.15) is 0 Å². The van der Waals surface area contributed by atoms with Gasteiger partial charge in [-0.1, -0.05) is 0 Å². The Morgan fingerprint density at radius 2 is 2.06 bits per heavy atom. The summed E-state index contributed by atoms with van der Waals surface area (Å²) in [7, 11) is 6.03. The van der Waals surface area contributed by atoms with E-state index < -0.39 is 0 Å². The van der Waals surface area contributed by atoms with Crippen LogP contribution in [0.2, 0.25) is 0 Å². The van der Waals surface area contributed by atoms with Crippen molar-refractivity contribution in [1.29, 1.82) is 0 Å². The van der Waals surface area contributed by atoms with Gasteiger partial charge in [-0.15, -0.1) is 0 Å². The first-order valence-electron chi connectivity index (χ1n) is 5.98. The lowest BCUT2D eigenvalue weighted by Gasteiger charge is -2.35. The van der Waals surface area contributed by atoms with Crippen molar-refractivity contribution >= 4 is 5.96 Å². The van der Waals surface area contributed by atoms with Crippen LogP contribution in [-0.2, 0) is 0 Å². The van der Waals surface area contributed by atoms with E-state index in [1.165, 1.54) is 25.9 Å². The Bertz CT molecular complexity index is 218. The van der Waals surface area contributed by atoms with Gasteiger partial charge < -0.3 is 20.9 Å². The molecule has 0 unspecified atom stereocenters. The molecule has 0 aromatic heterocycles. The lowest BCUT2D eigenvalue weighted by molar-refractivity contribution is 0.147. The highest BCUT2D eigenvalue weighted by atomic mass is 15.2. The molecule has 3 N–H and O–H groups in total. The van der Waals surface area contributed by atoms with Crippen molar-refractivity contribution in [3.05, 3.63) is 0 Å². The third kappa shape index (κ3) is 4.37. The van der Waals surface area contributed by atoms with Crippen LogP contribution in [-0.4, -0.2) is 69.1 Å². The summed E-state index contributed by atoms with van der Waals surface area (Å²) in [5.74, 6) is 0.531. The second-order valence-electron chi connectivity index (χ2n) is 4.57. The largest absolute Gasteiger partial charge is 0.370 e. The molecule has 0 aliphatic carbocycles. The van der Waals surface area contributed by atoms with Crippen molar-refractivity contribution in [3.63, 3.8) is 0 Å². The van der Waals surface area contributed by atoms with E-state index in [1.54, 1.807) is 7.05 Å². The summed E-state index contributed by atoms with van der Waals surface area (Å²) in [6.07, 6.45) is 2.54. The van der Waals surface area contributed by atoms with Gasteiger partial charge in [-0.05, 0) is 40.0 Å². The van der Waals surface area contributed by atoms with E-state index in [0.29, 0.717) is 5.96 Å². The highest BCUT2D eigenvalue weighted by Gasteiger charge is 2.19. The van der Waals surface area contributed by atoms with Crippen LogP contribution in [0.15, 0.2) is 4.99 Å². The smallest absolute Gasteiger partial charge is 0.188 e. The molecule has 0 bridgehead atoms. The van der Waals surface area contributed by atoms with E-state index in [-0.39, 0.29) is 0 Å². The summed E-state index contributed by atoms with van der Waals surface area (Å²) in [5, 5.41) is 3.09. The maximum atomic E-state index is 5.56. The molecule has 0 spiro atoms. The third-order valence-corrected chi connectivity index (χ3v) is 3.26. The minimum absolute atomic E-state index is 0.531. The minimum atomic E-state index is 0.531. The zero-order valence-electron chi connectivity index (χ0n) is 10.7. The SMILES string of the molecule is CN=C(N)NCCN1CCC(N(C)C)CC1. The maximum Gasteiger partial charge on any atom is 0.188 e. The van der Waals surface area contributed by atoms with Gasteiger partial charge >= 0.3 is 0 Å². The molecule has 94 valence electrons. The van der Waals surface area contributed by atoms with Crippen molar-refractivity contribution in [3.8, 4) is 0 Å². The maximum absolute atomic E-state index is 5.56. The Morgan fingerprint density at radius 1 is 1.44 bits per heavy atom. The first kappa shape index (κ1) is 13.3. The average molecular weight is 227 g/mol. The number of likely N-dealkylation sites (tertiary alicyclic amines) is 1. The summed E-state index contributed by atoms with van der Waals surface area (Å²) >= 11 is 0. The number of nitrogens with one attached hydrogen (secondary N) is 1. The van der Waals surface area contributed by atoms with Crippen LogP contribution < -0.4 is 11.1 Å². The zero-order valence-corrected chi connectivity index (χ0v) is 10.7. The van der Waals surface area contributed by atoms with E-state index in [2.05, 4.69) is 34.2 Å². The topological polar surface area (TPSA) is 56.9 Å². The fourth-order valence-corrected chi connectivity index (χ4v) is 2.08. The second-order valence-corrected chi connectivity index (χ2v) is 4.57. The van der Waals surface area contributed by atoms with Crippen LogP contribution in [0.4, 0.5) is 0 Å². The molecular formula is C11H25N5. The van der Waals surface area contributed by atoms with Gasteiger partial charge in [-0.2, -0.15) is 0 Å². The van der Waals surface area contributed by atoms with Crippen molar-refractivity contribution < 1.29 is 0 Å². The molecular weight excluding hydrogens is 202 g/mol. The molecule has 1 heterocycles. The van der Waals surface area contributed by atoms with Gasteiger partial charge in [0.2, 0.25) is 0 Å². The van der Waals surface area contributed by atoms with Crippen molar-refractivity contribution in [2.45, 2.75) is 18.9 Å². The van der Waals surface area contributed by atoms with E-state index in [0.717, 1.165) is 19.1 Å². The fourth-order valence-electron chi connectivity index (χ4n) is 2.08. The molecule has 0 atom stereocenters. The van der Waals surface area contributed by atoms with Crippen LogP contribution in [0, 0.1) is 0 Å². The molecule has 1 aliphatic heterocycles. The highest BCUT2D eigenvalue weighted by Crippen LogP contribution is 2.13. The third-order valence-electron chi connectivity index (χ3n) is 3.26. The molecule has 0 amide bonds. The predicted molar refractivity (Wildman–Crippen MR) is 68.7 cm³/mol. The van der Waals surface area contributed by atoms with Gasteiger partial charge in [-0.25, -0.2) is 0 Å². The van der Waals surface area contributed by atoms with Crippen LogP contribution >= 0.6 is 0 Å². The molecule has 0 aromatic rings. The summed E-state index contributed by atoms with van der Waals surface area (Å²) < 4.78 is 0. The summed E-state index contributed by atoms with van der Waals surface area (Å²) in [5.41, 5.74) is 5.56. The molecule has 1 aliphatic rings. The monoisotopic (exact) mass is 227 g/mol. The van der Waals surface area contributed by atoms with Crippen molar-refractivity contribution in [2.24, 2.45) is 10.7 Å². The van der Waals surface area contributed by atoms with Gasteiger partial charge in [-0.3, -0.25) is 4.99 Å². The Kier molecular flexibility index (Phi) is 5.55. The first-order valence-corrected chi connectivity index (χ1v) is 5.98. The minimum Gasteiger partial charge on any atom is -0.370 e. The number of hydrogen-bond acceptors (Lipinski definition) is 3. The van der Waals surface area contributed by atoms with Crippen LogP contribution in [0.5, 0.6) is 0 Å². The number of rotatable bonds is 4. The quantitative estimate of drug-likeness (QED) is 0.504. The van der Waals surface area contributed by atoms with Crippen molar-refractivity contribution in [1.82, 2.24) is 15.1 Å². The normalized spacial score (nSPS) is 20.4. The fraction of sp³-hybridized carbons (Fsp3) is 0.909. The van der Waals surface area contributed by atoms with Gasteiger partial charge in [0, 0.05) is 26.2 Å². The number of nitrogens with two attached hydrogens (primary N) is 1. The Hall–Kier alpha value is -0.810. The molecule has 1 rings (SSSR count). The van der Waals surface area contributed by atoms with E-state index in [1.807, 2.05) is 0 Å². The molecule has 0 saturated carbocycles. The van der Waals surface area contributed by atoms with Crippen LogP contribution in [0.3, 0.4) is 0 Å². The van der Waals surface area contributed by atoms with E-state index in [4.69, 9.17) is 5.73 Å². The van der Waals surface area contributed by atoms with Gasteiger partial charge in [0.05, 0.1) is 0 Å². The molecule has 1 saturated heterocycles.